The van der Waals surface area contributed by atoms with Gasteiger partial charge in [-0.3, -0.25) is 0 Å². The molecule has 0 aliphatic carbocycles. The fraction of sp³-hybridized carbons (Fsp3) is 0.632. The molecule has 1 aliphatic rings. The van der Waals surface area contributed by atoms with Gasteiger partial charge in [0.05, 0.1) is 0 Å². The number of amides is 3. The molecule has 2 N–H and O–H groups in total. The van der Waals surface area contributed by atoms with E-state index in [1.165, 1.54) is 13.8 Å². The van der Waals surface area contributed by atoms with Crippen molar-refractivity contribution in [1.82, 2.24) is 15.8 Å². The van der Waals surface area contributed by atoms with Crippen LogP contribution in [0.2, 0.25) is 4.31 Å². The zero-order valence-corrected chi connectivity index (χ0v) is 21.8. The molecule has 1 rings (SSSR count). The number of carbonyl (C=O) groups is 4. The molecule has 0 aromatic heterocycles. The molecule has 184 valence electrons. The number of aliphatic imine (C=N–C) groups is 1. The summed E-state index contributed by atoms with van der Waals surface area (Å²) in [6.45, 7) is 8.00. The topological polar surface area (TPSA) is 160 Å². The Morgan fingerprint density at radius 2 is 1.64 bits per heavy atom. The third kappa shape index (κ3) is 6.99. The van der Waals surface area contributed by atoms with Crippen molar-refractivity contribution in [3.8, 4) is 0 Å². The van der Waals surface area contributed by atoms with E-state index in [-0.39, 0.29) is 11.4 Å². The zero-order chi connectivity index (χ0) is 25.6. The molecule has 3 amide bonds. The molecule has 0 fully saturated rings. The van der Waals surface area contributed by atoms with Crippen LogP contribution in [0.3, 0.4) is 0 Å². The molecule has 1 heterocycles. The van der Waals surface area contributed by atoms with Crippen molar-refractivity contribution < 1.29 is 33.4 Å². The van der Waals surface area contributed by atoms with Crippen LogP contribution >= 0.6 is 0 Å². The molecular formula is C19H30N6O7Se. The summed E-state index contributed by atoms with van der Waals surface area (Å²) in [7, 11) is 5.74. The average Bonchev–Trinajstić information content (AvgIpc) is 3.07. The molecule has 0 aromatic rings. The van der Waals surface area contributed by atoms with Crippen LogP contribution in [0, 0.1) is 5.92 Å². The second-order valence-corrected chi connectivity index (χ2v) is 10.6. The van der Waals surface area contributed by atoms with Crippen LogP contribution in [-0.2, 0) is 23.8 Å². The number of nitrogens with one attached hydrogen (secondary N) is 2. The Hall–Kier alpha value is -2.99. The van der Waals surface area contributed by atoms with Gasteiger partial charge in [0, 0.05) is 0 Å². The Balaban J connectivity index is 3.55. The number of amidine groups is 1. The maximum atomic E-state index is 13.3. The van der Waals surface area contributed by atoms with Gasteiger partial charge in [-0.25, -0.2) is 0 Å². The van der Waals surface area contributed by atoms with Gasteiger partial charge in [-0.15, -0.1) is 0 Å². The number of ether oxygens (including phenoxy) is 3. The number of rotatable bonds is 6. The number of methoxy groups -OCH3 is 2. The number of esters is 1. The van der Waals surface area contributed by atoms with Crippen molar-refractivity contribution in [2.24, 2.45) is 21.1 Å². The van der Waals surface area contributed by atoms with E-state index in [0.717, 1.165) is 14.2 Å². The summed E-state index contributed by atoms with van der Waals surface area (Å²) < 4.78 is 13.4. The van der Waals surface area contributed by atoms with E-state index in [9.17, 15) is 19.2 Å². The number of hydrazone groups is 2. The van der Waals surface area contributed by atoms with E-state index in [0.29, 0.717) is 4.73 Å². The molecule has 13 nitrogen and oxygen atoms in total. The Kier molecular flexibility index (Phi) is 9.55. The Labute approximate surface area is 198 Å². The van der Waals surface area contributed by atoms with Crippen LogP contribution in [0.15, 0.2) is 15.2 Å². The average molecular weight is 533 g/mol. The van der Waals surface area contributed by atoms with E-state index in [2.05, 4.69) is 30.8 Å². The number of carbonyl (C=O) groups excluding carboxylic acids is 4. The fourth-order valence-corrected chi connectivity index (χ4v) is 5.45. The third-order valence-corrected chi connectivity index (χ3v) is 7.67. The van der Waals surface area contributed by atoms with Gasteiger partial charge in [0.15, 0.2) is 0 Å². The van der Waals surface area contributed by atoms with Crippen molar-refractivity contribution in [2.75, 3.05) is 28.3 Å². The number of nitrogens with zero attached hydrogens (tertiary/aromatic N) is 4. The summed E-state index contributed by atoms with van der Waals surface area (Å²) in [5.74, 6) is -2.74. The van der Waals surface area contributed by atoms with Gasteiger partial charge in [0.2, 0.25) is 0 Å². The standard InChI is InChI=1S/C19H30N6O7Se/c1-10(21-23-16(28)31-9)12(13(26)30-8)19(14(27)20-15(33-19)25(6)7)11(2)22-24-17(29)32-18(3,4)5/h12H,1-9H3,(H,23,28)(H,24,29)/b21-10+,22-11+. The first-order valence-electron chi connectivity index (χ1n) is 9.68. The van der Waals surface area contributed by atoms with E-state index in [1.54, 1.807) is 39.8 Å². The first kappa shape index (κ1) is 28.0. The Morgan fingerprint density at radius 3 is 2.09 bits per heavy atom. The zero-order valence-electron chi connectivity index (χ0n) is 20.1. The third-order valence-electron chi connectivity index (χ3n) is 4.17. The molecule has 0 radical (unpaired) electrons. The van der Waals surface area contributed by atoms with Crippen LogP contribution in [-0.4, -0.2) is 94.0 Å². The fourth-order valence-electron chi connectivity index (χ4n) is 2.70. The molecule has 33 heavy (non-hydrogen) atoms. The molecule has 0 spiro atoms. The molecule has 0 aromatic carbocycles. The van der Waals surface area contributed by atoms with E-state index < -0.39 is 54.9 Å². The second kappa shape index (κ2) is 11.2. The van der Waals surface area contributed by atoms with Gasteiger partial charge in [-0.1, -0.05) is 0 Å². The summed E-state index contributed by atoms with van der Waals surface area (Å²) >= 11 is -0.766. The number of hydrogen-bond acceptors (Lipinski definition) is 10. The maximum absolute atomic E-state index is 13.3. The predicted octanol–water partition coefficient (Wildman–Crippen LogP) is 0.729. The van der Waals surface area contributed by atoms with Gasteiger partial charge >= 0.3 is 198 Å². The summed E-state index contributed by atoms with van der Waals surface area (Å²) in [5, 5.41) is 7.96. The minimum atomic E-state index is -1.61. The van der Waals surface area contributed by atoms with Crippen LogP contribution in [0.25, 0.3) is 0 Å². The van der Waals surface area contributed by atoms with Gasteiger partial charge in [0.1, 0.15) is 0 Å². The minimum absolute atomic E-state index is 0.0597. The molecular weight excluding hydrogens is 503 g/mol. The molecule has 0 bridgehead atoms. The van der Waals surface area contributed by atoms with Crippen molar-refractivity contribution in [1.29, 1.82) is 0 Å². The summed E-state index contributed by atoms with van der Waals surface area (Å²) in [4.78, 5) is 55.5. The normalized spacial score (nSPS) is 19.9. The van der Waals surface area contributed by atoms with Crippen LogP contribution in [0.4, 0.5) is 9.59 Å². The van der Waals surface area contributed by atoms with Crippen molar-refractivity contribution in [3.63, 3.8) is 0 Å². The molecule has 0 saturated heterocycles. The molecule has 2 unspecified atom stereocenters. The second-order valence-electron chi connectivity index (χ2n) is 8.06. The summed E-state index contributed by atoms with van der Waals surface area (Å²) in [6, 6.07) is 0. The van der Waals surface area contributed by atoms with Gasteiger partial charge < -0.3 is 0 Å². The summed E-state index contributed by atoms with van der Waals surface area (Å²) in [6.07, 6.45) is -1.70. The van der Waals surface area contributed by atoms with Crippen LogP contribution < -0.4 is 10.9 Å². The van der Waals surface area contributed by atoms with E-state index in [4.69, 9.17) is 9.47 Å². The quantitative estimate of drug-likeness (QED) is 0.166. The molecule has 2 atom stereocenters. The molecule has 1 aliphatic heterocycles. The van der Waals surface area contributed by atoms with Crippen molar-refractivity contribution in [3.05, 3.63) is 0 Å². The van der Waals surface area contributed by atoms with E-state index >= 15 is 0 Å². The van der Waals surface area contributed by atoms with Gasteiger partial charge in [-0.05, 0) is 0 Å². The summed E-state index contributed by atoms with van der Waals surface area (Å²) in [5.41, 5.74) is 3.78. The SMILES string of the molecule is COC(=O)N/N=C(\C)C(C(=O)OC)C1(/C(C)=N/NC(=O)OC(C)(C)C)[Se]C(N(C)C)=NC1=O. The first-order chi connectivity index (χ1) is 15.2. The van der Waals surface area contributed by atoms with E-state index in [1.807, 2.05) is 0 Å². The van der Waals surface area contributed by atoms with Gasteiger partial charge in [-0.2, -0.15) is 0 Å². The number of hydrogen-bond donors (Lipinski definition) is 2. The first-order valence-corrected chi connectivity index (χ1v) is 11.4. The predicted molar refractivity (Wildman–Crippen MR) is 121 cm³/mol. The van der Waals surface area contributed by atoms with Crippen LogP contribution in [0.5, 0.6) is 0 Å². The molecule has 0 saturated carbocycles. The van der Waals surface area contributed by atoms with Crippen molar-refractivity contribution >= 4 is 55.2 Å². The van der Waals surface area contributed by atoms with Crippen LogP contribution in [0.1, 0.15) is 34.6 Å². The Bertz CT molecular complexity index is 894. The monoisotopic (exact) mass is 534 g/mol. The Morgan fingerprint density at radius 1 is 1.06 bits per heavy atom. The molecule has 14 heteroatoms. The van der Waals surface area contributed by atoms with Gasteiger partial charge in [0.25, 0.3) is 0 Å². The van der Waals surface area contributed by atoms with Crippen molar-refractivity contribution in [2.45, 2.75) is 44.5 Å².